The van der Waals surface area contributed by atoms with Crippen LogP contribution in [0, 0.1) is 25.7 Å². The summed E-state index contributed by atoms with van der Waals surface area (Å²) in [6.45, 7) is 7.20. The SMILES string of the molecule is Cc1nc(C)c(CC(=O)N[C@@H]2CC[C@H](C(=O)N3CCC(C)CC3)C[C@H]2O)c(=O)[nH]1. The molecular formula is C21H32N4O4. The minimum Gasteiger partial charge on any atom is -0.391 e. The minimum atomic E-state index is -0.763. The van der Waals surface area contributed by atoms with Gasteiger partial charge in [0, 0.05) is 30.3 Å². The molecule has 3 N–H and O–H groups in total. The molecule has 2 aliphatic rings. The number of nitrogens with zero attached hydrogens (tertiary/aromatic N) is 2. The summed E-state index contributed by atoms with van der Waals surface area (Å²) >= 11 is 0. The zero-order valence-corrected chi connectivity index (χ0v) is 17.5. The van der Waals surface area contributed by atoms with E-state index in [2.05, 4.69) is 22.2 Å². The van der Waals surface area contributed by atoms with Gasteiger partial charge in [-0.05, 0) is 51.9 Å². The molecule has 1 saturated carbocycles. The summed E-state index contributed by atoms with van der Waals surface area (Å²) < 4.78 is 0. The van der Waals surface area contributed by atoms with Crippen LogP contribution < -0.4 is 10.9 Å². The van der Waals surface area contributed by atoms with E-state index < -0.39 is 12.1 Å². The van der Waals surface area contributed by atoms with E-state index in [-0.39, 0.29) is 29.7 Å². The Bertz CT molecular complexity index is 813. The summed E-state index contributed by atoms with van der Waals surface area (Å²) in [6, 6.07) is -0.397. The standard InChI is InChI=1S/C21H32N4O4/c1-12-6-8-25(9-7-12)21(29)15-4-5-17(18(26)10-15)24-19(27)11-16-13(2)22-14(3)23-20(16)28/h12,15,17-18,26H,4-11H2,1-3H3,(H,24,27)(H,22,23,28)/t15-,17+,18+/m0/s1. The highest BCUT2D eigenvalue weighted by atomic mass is 16.3. The lowest BCUT2D eigenvalue weighted by Gasteiger charge is -2.37. The Morgan fingerprint density at radius 2 is 1.90 bits per heavy atom. The van der Waals surface area contributed by atoms with Crippen LogP contribution in [0.2, 0.25) is 0 Å². The Morgan fingerprint density at radius 1 is 1.21 bits per heavy atom. The van der Waals surface area contributed by atoms with Crippen molar-refractivity contribution >= 4 is 11.8 Å². The van der Waals surface area contributed by atoms with Gasteiger partial charge in [-0.2, -0.15) is 0 Å². The largest absolute Gasteiger partial charge is 0.391 e. The van der Waals surface area contributed by atoms with E-state index in [9.17, 15) is 19.5 Å². The van der Waals surface area contributed by atoms with Crippen LogP contribution in [0.15, 0.2) is 4.79 Å². The molecule has 8 nitrogen and oxygen atoms in total. The number of aryl methyl sites for hydroxylation is 2. The summed E-state index contributed by atoms with van der Waals surface area (Å²) in [7, 11) is 0. The summed E-state index contributed by atoms with van der Waals surface area (Å²) in [6.07, 6.45) is 2.79. The highest BCUT2D eigenvalue weighted by molar-refractivity contribution is 5.80. The molecule has 160 valence electrons. The maximum Gasteiger partial charge on any atom is 0.254 e. The van der Waals surface area contributed by atoms with Gasteiger partial charge in [-0.25, -0.2) is 4.98 Å². The van der Waals surface area contributed by atoms with E-state index >= 15 is 0 Å². The minimum absolute atomic E-state index is 0.0774. The highest BCUT2D eigenvalue weighted by Crippen LogP contribution is 2.28. The van der Waals surface area contributed by atoms with Crippen molar-refractivity contribution in [2.24, 2.45) is 11.8 Å². The van der Waals surface area contributed by atoms with Gasteiger partial charge in [0.05, 0.1) is 18.6 Å². The topological polar surface area (TPSA) is 115 Å². The lowest BCUT2D eigenvalue weighted by atomic mass is 9.82. The molecule has 0 unspecified atom stereocenters. The number of nitrogens with one attached hydrogen (secondary N) is 2. The third kappa shape index (κ3) is 5.23. The Hall–Kier alpha value is -2.22. The van der Waals surface area contributed by atoms with Gasteiger partial charge in [0.2, 0.25) is 11.8 Å². The van der Waals surface area contributed by atoms with E-state index in [0.717, 1.165) is 25.9 Å². The van der Waals surface area contributed by atoms with Crippen molar-refractivity contribution in [2.75, 3.05) is 13.1 Å². The molecule has 3 atom stereocenters. The summed E-state index contributed by atoms with van der Waals surface area (Å²) in [5.74, 6) is 0.808. The summed E-state index contributed by atoms with van der Waals surface area (Å²) in [4.78, 5) is 46.0. The average molecular weight is 405 g/mol. The Morgan fingerprint density at radius 3 is 2.52 bits per heavy atom. The lowest BCUT2D eigenvalue weighted by Crippen LogP contribution is -2.50. The second-order valence-electron chi connectivity index (χ2n) is 8.65. The molecule has 1 aliphatic carbocycles. The number of aliphatic hydroxyl groups is 1. The van der Waals surface area contributed by atoms with E-state index in [1.54, 1.807) is 13.8 Å². The predicted octanol–water partition coefficient (Wildman–Crippen LogP) is 0.834. The number of likely N-dealkylation sites (tertiary alicyclic amines) is 1. The maximum atomic E-state index is 12.8. The van der Waals surface area contributed by atoms with Gasteiger partial charge in [0.15, 0.2) is 0 Å². The molecule has 0 spiro atoms. The molecule has 0 aromatic carbocycles. The van der Waals surface area contributed by atoms with E-state index in [4.69, 9.17) is 0 Å². The van der Waals surface area contributed by atoms with Crippen molar-refractivity contribution in [1.29, 1.82) is 0 Å². The Labute approximate surface area is 171 Å². The number of aromatic nitrogens is 2. The van der Waals surface area contributed by atoms with Crippen molar-refractivity contribution in [1.82, 2.24) is 20.2 Å². The second-order valence-corrected chi connectivity index (χ2v) is 8.65. The number of carbonyl (C=O) groups is 2. The van der Waals surface area contributed by atoms with Crippen molar-refractivity contribution < 1.29 is 14.7 Å². The molecule has 3 rings (SSSR count). The zero-order valence-electron chi connectivity index (χ0n) is 17.5. The second kappa shape index (κ2) is 9.07. The van der Waals surface area contributed by atoms with Crippen LogP contribution >= 0.6 is 0 Å². The van der Waals surface area contributed by atoms with Crippen LogP contribution in [0.5, 0.6) is 0 Å². The van der Waals surface area contributed by atoms with E-state index in [1.807, 2.05) is 4.90 Å². The van der Waals surface area contributed by atoms with Crippen LogP contribution in [0.3, 0.4) is 0 Å². The van der Waals surface area contributed by atoms with Gasteiger partial charge in [-0.15, -0.1) is 0 Å². The zero-order chi connectivity index (χ0) is 21.1. The van der Waals surface area contributed by atoms with Gasteiger partial charge in [-0.1, -0.05) is 6.92 Å². The van der Waals surface area contributed by atoms with E-state index in [0.29, 0.717) is 42.3 Å². The molecule has 29 heavy (non-hydrogen) atoms. The molecule has 0 bridgehead atoms. The first-order chi connectivity index (χ1) is 13.7. The number of piperidine rings is 1. The fraction of sp³-hybridized carbons (Fsp3) is 0.714. The van der Waals surface area contributed by atoms with Crippen LogP contribution in [0.25, 0.3) is 0 Å². The predicted molar refractivity (Wildman–Crippen MR) is 108 cm³/mol. The molecular weight excluding hydrogens is 372 g/mol. The molecule has 1 aromatic heterocycles. The fourth-order valence-electron chi connectivity index (χ4n) is 4.40. The molecule has 2 amide bonds. The molecule has 1 aromatic rings. The number of hydrogen-bond donors (Lipinski definition) is 3. The number of aliphatic hydroxyl groups excluding tert-OH is 1. The Kier molecular flexibility index (Phi) is 6.72. The monoisotopic (exact) mass is 404 g/mol. The van der Waals surface area contributed by atoms with Crippen LogP contribution in [-0.4, -0.2) is 57.0 Å². The molecule has 8 heteroatoms. The first-order valence-electron chi connectivity index (χ1n) is 10.6. The number of aromatic amines is 1. The van der Waals surface area contributed by atoms with Crippen molar-refractivity contribution in [3.63, 3.8) is 0 Å². The summed E-state index contributed by atoms with van der Waals surface area (Å²) in [5, 5.41) is 13.4. The summed E-state index contributed by atoms with van der Waals surface area (Å²) in [5.41, 5.74) is 0.564. The van der Waals surface area contributed by atoms with Gasteiger partial charge < -0.3 is 20.3 Å². The van der Waals surface area contributed by atoms with Crippen molar-refractivity contribution in [2.45, 2.75) is 71.4 Å². The fourth-order valence-corrected chi connectivity index (χ4v) is 4.40. The molecule has 2 fully saturated rings. The lowest BCUT2D eigenvalue weighted by molar-refractivity contribution is -0.139. The molecule has 1 saturated heterocycles. The van der Waals surface area contributed by atoms with Gasteiger partial charge >= 0.3 is 0 Å². The normalized spacial score (nSPS) is 25.7. The third-order valence-corrected chi connectivity index (χ3v) is 6.29. The highest BCUT2D eigenvalue weighted by Gasteiger charge is 2.36. The van der Waals surface area contributed by atoms with Gasteiger partial charge in [-0.3, -0.25) is 14.4 Å². The van der Waals surface area contributed by atoms with Crippen LogP contribution in [0.4, 0.5) is 0 Å². The third-order valence-electron chi connectivity index (χ3n) is 6.29. The van der Waals surface area contributed by atoms with Crippen LogP contribution in [-0.2, 0) is 16.0 Å². The van der Waals surface area contributed by atoms with E-state index in [1.165, 1.54) is 0 Å². The number of amides is 2. The van der Waals surface area contributed by atoms with Crippen LogP contribution in [0.1, 0.15) is 56.1 Å². The van der Waals surface area contributed by atoms with Gasteiger partial charge in [0.1, 0.15) is 5.82 Å². The smallest absolute Gasteiger partial charge is 0.254 e. The average Bonchev–Trinajstić information content (AvgIpc) is 2.66. The molecule has 1 aliphatic heterocycles. The van der Waals surface area contributed by atoms with Crippen molar-refractivity contribution in [3.8, 4) is 0 Å². The molecule has 2 heterocycles. The number of hydrogen-bond acceptors (Lipinski definition) is 5. The maximum absolute atomic E-state index is 12.8. The Balaban J connectivity index is 1.53. The number of rotatable bonds is 4. The van der Waals surface area contributed by atoms with Crippen molar-refractivity contribution in [3.05, 3.63) is 27.4 Å². The molecule has 0 radical (unpaired) electrons. The number of H-pyrrole nitrogens is 1. The first kappa shape index (κ1) is 21.5. The van der Waals surface area contributed by atoms with Gasteiger partial charge in [0.25, 0.3) is 5.56 Å². The quantitative estimate of drug-likeness (QED) is 0.688. The number of carbonyl (C=O) groups excluding carboxylic acids is 2. The first-order valence-corrected chi connectivity index (χ1v) is 10.6.